The smallest absolute Gasteiger partial charge is 0.227 e. The molecular formula is C20H21ClN4. The van der Waals surface area contributed by atoms with Crippen LogP contribution in [0.25, 0.3) is 10.9 Å². The number of nitrogens with zero attached hydrogens (tertiary/aromatic N) is 3. The lowest BCUT2D eigenvalue weighted by molar-refractivity contribution is 0.569. The fourth-order valence-corrected chi connectivity index (χ4v) is 3.46. The average Bonchev–Trinajstić information content (AvgIpc) is 2.67. The Hall–Kier alpha value is -2.33. The van der Waals surface area contributed by atoms with Crippen molar-refractivity contribution in [2.45, 2.75) is 25.8 Å². The van der Waals surface area contributed by atoms with Gasteiger partial charge in [0.05, 0.1) is 5.52 Å². The molecule has 1 fully saturated rings. The molecule has 2 aromatic carbocycles. The topological polar surface area (TPSA) is 41.1 Å². The van der Waals surface area contributed by atoms with Gasteiger partial charge in [0.2, 0.25) is 5.95 Å². The predicted octanol–water partition coefficient (Wildman–Crippen LogP) is 4.89. The van der Waals surface area contributed by atoms with Crippen molar-refractivity contribution in [3.8, 4) is 0 Å². The van der Waals surface area contributed by atoms with E-state index in [9.17, 15) is 0 Å². The molecule has 4 nitrogen and oxygen atoms in total. The SMILES string of the molecule is Clc1ccccc1CNc1nc(N2CCCCC2)nc2ccccc12. The van der Waals surface area contributed by atoms with Gasteiger partial charge in [-0.3, -0.25) is 0 Å². The summed E-state index contributed by atoms with van der Waals surface area (Å²) in [5.41, 5.74) is 2.03. The van der Waals surface area contributed by atoms with E-state index in [1.54, 1.807) is 0 Å². The van der Waals surface area contributed by atoms with E-state index in [1.807, 2.05) is 42.5 Å². The Morgan fingerprint density at radius 2 is 1.68 bits per heavy atom. The first-order valence-corrected chi connectivity index (χ1v) is 9.18. The summed E-state index contributed by atoms with van der Waals surface area (Å²) in [5.74, 6) is 1.69. The third-order valence-electron chi connectivity index (χ3n) is 4.63. The van der Waals surface area contributed by atoms with Gasteiger partial charge in [-0.05, 0) is 43.0 Å². The van der Waals surface area contributed by atoms with E-state index in [-0.39, 0.29) is 0 Å². The molecule has 0 radical (unpaired) electrons. The molecule has 1 aliphatic rings. The molecule has 1 N–H and O–H groups in total. The van der Waals surface area contributed by atoms with Crippen LogP contribution in [0.1, 0.15) is 24.8 Å². The highest BCUT2D eigenvalue weighted by atomic mass is 35.5. The second-order valence-electron chi connectivity index (χ2n) is 6.38. The monoisotopic (exact) mass is 352 g/mol. The van der Waals surface area contributed by atoms with Gasteiger partial charge in [-0.25, -0.2) is 4.98 Å². The molecule has 5 heteroatoms. The van der Waals surface area contributed by atoms with Crippen LogP contribution in [0, 0.1) is 0 Å². The number of nitrogens with one attached hydrogen (secondary N) is 1. The molecule has 0 amide bonds. The highest BCUT2D eigenvalue weighted by Crippen LogP contribution is 2.26. The Bertz CT molecular complexity index is 874. The summed E-state index contributed by atoms with van der Waals surface area (Å²) in [7, 11) is 0. The highest BCUT2D eigenvalue weighted by Gasteiger charge is 2.16. The van der Waals surface area contributed by atoms with Gasteiger partial charge in [-0.15, -0.1) is 0 Å². The van der Waals surface area contributed by atoms with E-state index in [0.717, 1.165) is 46.3 Å². The van der Waals surface area contributed by atoms with Gasteiger partial charge in [0, 0.05) is 30.0 Å². The van der Waals surface area contributed by atoms with Gasteiger partial charge in [0.15, 0.2) is 0 Å². The first kappa shape index (κ1) is 16.2. The Morgan fingerprint density at radius 3 is 2.52 bits per heavy atom. The molecule has 2 heterocycles. The number of piperidine rings is 1. The van der Waals surface area contributed by atoms with Gasteiger partial charge < -0.3 is 10.2 Å². The maximum Gasteiger partial charge on any atom is 0.227 e. The van der Waals surface area contributed by atoms with E-state index in [4.69, 9.17) is 21.6 Å². The van der Waals surface area contributed by atoms with Gasteiger partial charge in [-0.2, -0.15) is 4.98 Å². The predicted molar refractivity (Wildman–Crippen MR) is 104 cm³/mol. The highest BCUT2D eigenvalue weighted by molar-refractivity contribution is 6.31. The molecule has 3 aromatic rings. The number of halogens is 1. The van der Waals surface area contributed by atoms with Crippen LogP contribution in [0.15, 0.2) is 48.5 Å². The van der Waals surface area contributed by atoms with E-state index >= 15 is 0 Å². The van der Waals surface area contributed by atoms with Crippen LogP contribution < -0.4 is 10.2 Å². The average molecular weight is 353 g/mol. The number of anilines is 2. The van der Waals surface area contributed by atoms with Crippen molar-refractivity contribution in [2.75, 3.05) is 23.3 Å². The fourth-order valence-electron chi connectivity index (χ4n) is 3.26. The van der Waals surface area contributed by atoms with Gasteiger partial charge >= 0.3 is 0 Å². The van der Waals surface area contributed by atoms with Gasteiger partial charge in [0.1, 0.15) is 5.82 Å². The molecule has 1 aliphatic heterocycles. The minimum Gasteiger partial charge on any atom is -0.365 e. The Morgan fingerprint density at radius 1 is 0.920 bits per heavy atom. The van der Waals surface area contributed by atoms with Crippen molar-refractivity contribution < 1.29 is 0 Å². The molecule has 25 heavy (non-hydrogen) atoms. The molecule has 128 valence electrons. The lowest BCUT2D eigenvalue weighted by Gasteiger charge is -2.27. The normalized spacial score (nSPS) is 14.7. The zero-order valence-electron chi connectivity index (χ0n) is 14.1. The molecular weight excluding hydrogens is 332 g/mol. The third-order valence-corrected chi connectivity index (χ3v) is 5.00. The number of benzene rings is 2. The molecule has 1 saturated heterocycles. The molecule has 0 spiro atoms. The van der Waals surface area contributed by atoms with Crippen LogP contribution in [-0.2, 0) is 6.54 Å². The summed E-state index contributed by atoms with van der Waals surface area (Å²) >= 11 is 6.28. The molecule has 0 aliphatic carbocycles. The molecule has 4 rings (SSSR count). The molecule has 0 unspecified atom stereocenters. The summed E-state index contributed by atoms with van der Waals surface area (Å²) in [6, 6.07) is 16.0. The van der Waals surface area contributed by atoms with E-state index in [1.165, 1.54) is 19.3 Å². The summed E-state index contributed by atoms with van der Waals surface area (Å²) in [6.45, 7) is 2.70. The number of para-hydroxylation sites is 1. The van der Waals surface area contributed by atoms with Crippen molar-refractivity contribution in [1.82, 2.24) is 9.97 Å². The molecule has 0 saturated carbocycles. The van der Waals surface area contributed by atoms with Crippen LogP contribution in [0.5, 0.6) is 0 Å². The second-order valence-corrected chi connectivity index (χ2v) is 6.79. The molecule has 1 aromatic heterocycles. The van der Waals surface area contributed by atoms with E-state index in [2.05, 4.69) is 16.3 Å². The van der Waals surface area contributed by atoms with Crippen LogP contribution in [0.4, 0.5) is 11.8 Å². The summed E-state index contributed by atoms with van der Waals surface area (Å²) in [5, 5.41) is 5.27. The molecule has 0 bridgehead atoms. The van der Waals surface area contributed by atoms with Crippen LogP contribution in [0.3, 0.4) is 0 Å². The van der Waals surface area contributed by atoms with Gasteiger partial charge in [0.25, 0.3) is 0 Å². The fraction of sp³-hybridized carbons (Fsp3) is 0.300. The lowest BCUT2D eigenvalue weighted by Crippen LogP contribution is -2.31. The lowest BCUT2D eigenvalue weighted by atomic mass is 10.1. The number of hydrogen-bond acceptors (Lipinski definition) is 4. The largest absolute Gasteiger partial charge is 0.365 e. The summed E-state index contributed by atoms with van der Waals surface area (Å²) in [4.78, 5) is 11.9. The first-order valence-electron chi connectivity index (χ1n) is 8.80. The quantitative estimate of drug-likeness (QED) is 0.726. The van der Waals surface area contributed by atoms with Crippen molar-refractivity contribution in [2.24, 2.45) is 0 Å². The number of aromatic nitrogens is 2. The van der Waals surface area contributed by atoms with Gasteiger partial charge in [-0.1, -0.05) is 41.9 Å². The summed E-state index contributed by atoms with van der Waals surface area (Å²) in [6.07, 6.45) is 3.71. The third kappa shape index (κ3) is 3.54. The Balaban J connectivity index is 1.67. The number of hydrogen-bond donors (Lipinski definition) is 1. The summed E-state index contributed by atoms with van der Waals surface area (Å²) < 4.78 is 0. The van der Waals surface area contributed by atoms with E-state index in [0.29, 0.717) is 6.54 Å². The zero-order chi connectivity index (χ0) is 17.1. The van der Waals surface area contributed by atoms with Crippen LogP contribution in [0.2, 0.25) is 5.02 Å². The maximum atomic E-state index is 6.28. The minimum absolute atomic E-state index is 0.639. The van der Waals surface area contributed by atoms with Crippen molar-refractivity contribution in [1.29, 1.82) is 0 Å². The number of fused-ring (bicyclic) bond motifs is 1. The van der Waals surface area contributed by atoms with Crippen LogP contribution >= 0.6 is 11.6 Å². The Labute approximate surface area is 152 Å². The maximum absolute atomic E-state index is 6.28. The molecule has 0 atom stereocenters. The Kier molecular flexibility index (Phi) is 4.70. The minimum atomic E-state index is 0.639. The van der Waals surface area contributed by atoms with E-state index < -0.39 is 0 Å². The van der Waals surface area contributed by atoms with Crippen molar-refractivity contribution in [3.63, 3.8) is 0 Å². The second kappa shape index (κ2) is 7.28. The van der Waals surface area contributed by atoms with Crippen LogP contribution in [-0.4, -0.2) is 23.1 Å². The first-order chi connectivity index (χ1) is 12.3. The standard InChI is InChI=1S/C20H21ClN4/c21-17-10-4-2-8-15(17)14-22-19-16-9-3-5-11-18(16)23-20(24-19)25-12-6-1-7-13-25/h2-5,8-11H,1,6-7,12-14H2,(H,22,23,24). The number of rotatable bonds is 4. The van der Waals surface area contributed by atoms with Crippen molar-refractivity contribution >= 4 is 34.3 Å². The van der Waals surface area contributed by atoms with Crippen molar-refractivity contribution in [3.05, 3.63) is 59.1 Å². The zero-order valence-corrected chi connectivity index (χ0v) is 14.8.